The van der Waals surface area contributed by atoms with Crippen LogP contribution in [0.2, 0.25) is 0 Å². The zero-order valence-electron chi connectivity index (χ0n) is 14.6. The largest absolute Gasteiger partial charge is 0.362 e. The number of sulfone groups is 1. The zero-order valence-corrected chi connectivity index (χ0v) is 17.9. The number of nitrogens with zero attached hydrogens (tertiary/aromatic N) is 2. The molecule has 142 valence electrons. The van der Waals surface area contributed by atoms with Gasteiger partial charge in [-0.05, 0) is 40.2 Å². The van der Waals surface area contributed by atoms with E-state index in [2.05, 4.69) is 37.1 Å². The van der Waals surface area contributed by atoms with Crippen molar-refractivity contribution in [2.24, 2.45) is 4.99 Å². The third-order valence-electron chi connectivity index (χ3n) is 3.44. The maximum absolute atomic E-state index is 12.5. The quantitative estimate of drug-likeness (QED) is 0.266. The number of thioether (sulfide) groups is 1. The van der Waals surface area contributed by atoms with Gasteiger partial charge in [0.1, 0.15) is 11.6 Å². The predicted molar refractivity (Wildman–Crippen MR) is 116 cm³/mol. The van der Waals surface area contributed by atoms with Crippen molar-refractivity contribution in [2.45, 2.75) is 10.6 Å². The lowest BCUT2D eigenvalue weighted by atomic mass is 10.4. The van der Waals surface area contributed by atoms with E-state index in [0.29, 0.717) is 12.4 Å². The molecule has 0 fully saturated rings. The molecule has 0 aliphatic carbocycles. The molecule has 0 unspecified atom stereocenters. The minimum absolute atomic E-state index is 0.199. The van der Waals surface area contributed by atoms with Crippen molar-refractivity contribution in [3.63, 3.8) is 0 Å². The molecule has 0 saturated heterocycles. The van der Waals surface area contributed by atoms with Gasteiger partial charge in [-0.2, -0.15) is 11.8 Å². The van der Waals surface area contributed by atoms with E-state index in [1.807, 2.05) is 12.1 Å². The van der Waals surface area contributed by atoms with Gasteiger partial charge in [0.15, 0.2) is 9.84 Å². The molecule has 5 nitrogen and oxygen atoms in total. The van der Waals surface area contributed by atoms with Crippen LogP contribution in [0.25, 0.3) is 0 Å². The number of rotatable bonds is 9. The van der Waals surface area contributed by atoms with Crippen molar-refractivity contribution in [2.75, 3.05) is 24.6 Å². The summed E-state index contributed by atoms with van der Waals surface area (Å²) < 4.78 is 26.0. The second kappa shape index (κ2) is 11.1. The molecule has 0 atom stereocenters. The van der Waals surface area contributed by atoms with Crippen LogP contribution in [0.15, 0.2) is 63.0 Å². The van der Waals surface area contributed by atoms with Gasteiger partial charge in [0.05, 0.1) is 23.7 Å². The molecule has 0 aliphatic heterocycles. The number of amidine groups is 1. The summed E-state index contributed by atoms with van der Waals surface area (Å²) in [5.41, 5.74) is 0.976. The Morgan fingerprint density at radius 1 is 1.26 bits per heavy atom. The predicted octanol–water partition coefficient (Wildman–Crippen LogP) is 3.17. The number of nitrogens with one attached hydrogen (secondary N) is 1. The average molecular weight is 466 g/mol. The summed E-state index contributed by atoms with van der Waals surface area (Å²) in [5.74, 6) is 4.14. The van der Waals surface area contributed by atoms with E-state index < -0.39 is 9.84 Å². The Balaban J connectivity index is 1.93. The van der Waals surface area contributed by atoms with Crippen LogP contribution >= 0.6 is 27.7 Å². The molecule has 0 bridgehead atoms. The zero-order chi connectivity index (χ0) is 19.5. The van der Waals surface area contributed by atoms with Crippen LogP contribution in [0.3, 0.4) is 0 Å². The third-order valence-corrected chi connectivity index (χ3v) is 6.75. The van der Waals surface area contributed by atoms with Crippen molar-refractivity contribution >= 4 is 43.4 Å². The van der Waals surface area contributed by atoms with E-state index in [0.717, 1.165) is 21.7 Å². The van der Waals surface area contributed by atoms with Crippen molar-refractivity contribution in [3.8, 4) is 12.3 Å². The molecule has 0 spiro atoms. The normalized spacial score (nSPS) is 11.8. The Kier molecular flexibility index (Phi) is 8.85. The van der Waals surface area contributed by atoms with Crippen LogP contribution in [0.1, 0.15) is 5.69 Å². The van der Waals surface area contributed by atoms with E-state index in [4.69, 9.17) is 6.42 Å². The second-order valence-electron chi connectivity index (χ2n) is 5.44. The second-order valence-corrected chi connectivity index (χ2v) is 9.39. The topological polar surface area (TPSA) is 71.4 Å². The molecule has 0 amide bonds. The lowest BCUT2D eigenvalue weighted by molar-refractivity contribution is 0.599. The Morgan fingerprint density at radius 3 is 2.74 bits per heavy atom. The van der Waals surface area contributed by atoms with Crippen LogP contribution in [-0.4, -0.2) is 43.8 Å². The van der Waals surface area contributed by atoms with Crippen LogP contribution < -0.4 is 5.32 Å². The molecule has 27 heavy (non-hydrogen) atoms. The number of aromatic nitrogens is 1. The number of benzene rings is 1. The minimum atomic E-state index is -3.47. The fraction of sp³-hybridized carbons (Fsp3) is 0.263. The van der Waals surface area contributed by atoms with Crippen molar-refractivity contribution in [3.05, 3.63) is 58.8 Å². The van der Waals surface area contributed by atoms with Gasteiger partial charge in [0.25, 0.3) is 0 Å². The van der Waals surface area contributed by atoms with E-state index in [-0.39, 0.29) is 17.2 Å². The molecule has 1 heterocycles. The number of pyridine rings is 1. The van der Waals surface area contributed by atoms with E-state index >= 15 is 0 Å². The Bertz CT molecular complexity index is 910. The van der Waals surface area contributed by atoms with Gasteiger partial charge in [0, 0.05) is 22.2 Å². The van der Waals surface area contributed by atoms with Crippen LogP contribution in [0.5, 0.6) is 0 Å². The Morgan fingerprint density at radius 2 is 2.04 bits per heavy atom. The molecule has 1 N–H and O–H groups in total. The van der Waals surface area contributed by atoms with Gasteiger partial charge in [-0.3, -0.25) is 9.98 Å². The minimum Gasteiger partial charge on any atom is -0.362 e. The molecule has 8 heteroatoms. The maximum atomic E-state index is 12.5. The molecule has 2 rings (SSSR count). The Labute approximate surface area is 173 Å². The fourth-order valence-corrected chi connectivity index (χ4v) is 4.80. The maximum Gasteiger partial charge on any atom is 0.185 e. The molecule has 2 aromatic rings. The summed E-state index contributed by atoms with van der Waals surface area (Å²) in [6.45, 7) is 0.726. The monoisotopic (exact) mass is 465 g/mol. The molecule has 0 radical (unpaired) electrons. The van der Waals surface area contributed by atoms with Crippen LogP contribution in [0.4, 0.5) is 0 Å². The van der Waals surface area contributed by atoms with E-state index in [1.165, 1.54) is 0 Å². The highest BCUT2D eigenvalue weighted by atomic mass is 79.9. The summed E-state index contributed by atoms with van der Waals surface area (Å²) in [7, 11) is -3.47. The number of hydrogen-bond acceptors (Lipinski definition) is 5. The first kappa shape index (κ1) is 21.5. The Hall–Kier alpha value is -1.82. The summed E-state index contributed by atoms with van der Waals surface area (Å²) in [6.07, 6.45) is 7.03. The van der Waals surface area contributed by atoms with Gasteiger partial charge in [-0.15, -0.1) is 6.42 Å². The SMILES string of the molecule is C#CCNC(CS(=O)(=O)c1ccccc1)=NCCSCc1ncccc1Br. The average Bonchev–Trinajstić information content (AvgIpc) is 2.67. The first-order valence-electron chi connectivity index (χ1n) is 8.18. The first-order chi connectivity index (χ1) is 13.0. The highest BCUT2D eigenvalue weighted by Gasteiger charge is 2.17. The standard InChI is InChI=1S/C19H20BrN3O2S2/c1-2-10-22-19(15-27(24,25)16-7-4-3-5-8-16)23-12-13-26-14-18-17(20)9-6-11-21-18/h1,3-9,11H,10,12-15H2,(H,22,23). The summed E-state index contributed by atoms with van der Waals surface area (Å²) in [4.78, 5) is 8.99. The van der Waals surface area contributed by atoms with Gasteiger partial charge < -0.3 is 5.32 Å². The van der Waals surface area contributed by atoms with Crippen LogP contribution in [0, 0.1) is 12.3 Å². The van der Waals surface area contributed by atoms with Crippen molar-refractivity contribution < 1.29 is 8.42 Å². The smallest absolute Gasteiger partial charge is 0.185 e. The number of halogens is 1. The number of aliphatic imine (C=N–C) groups is 1. The van der Waals surface area contributed by atoms with E-state index in [1.54, 1.807) is 48.3 Å². The van der Waals surface area contributed by atoms with Crippen molar-refractivity contribution in [1.82, 2.24) is 10.3 Å². The van der Waals surface area contributed by atoms with Gasteiger partial charge in [0.2, 0.25) is 0 Å². The highest BCUT2D eigenvalue weighted by molar-refractivity contribution is 9.10. The lowest BCUT2D eigenvalue weighted by Gasteiger charge is -2.09. The van der Waals surface area contributed by atoms with Gasteiger partial charge >= 0.3 is 0 Å². The third kappa shape index (κ3) is 7.37. The van der Waals surface area contributed by atoms with Crippen molar-refractivity contribution in [1.29, 1.82) is 0 Å². The summed E-state index contributed by atoms with van der Waals surface area (Å²) in [5, 5.41) is 2.92. The first-order valence-corrected chi connectivity index (χ1v) is 11.8. The molecule has 1 aromatic carbocycles. The van der Waals surface area contributed by atoms with Gasteiger partial charge in [-0.1, -0.05) is 24.1 Å². The van der Waals surface area contributed by atoms with Crippen LogP contribution in [-0.2, 0) is 15.6 Å². The summed E-state index contributed by atoms with van der Waals surface area (Å²) in [6, 6.07) is 12.2. The summed E-state index contributed by atoms with van der Waals surface area (Å²) >= 11 is 5.16. The van der Waals surface area contributed by atoms with Gasteiger partial charge in [-0.25, -0.2) is 8.42 Å². The fourth-order valence-electron chi connectivity index (χ4n) is 2.14. The molecule has 0 aliphatic rings. The molecular formula is C19H20BrN3O2S2. The number of hydrogen-bond donors (Lipinski definition) is 1. The lowest BCUT2D eigenvalue weighted by Crippen LogP contribution is -2.31. The molecule has 1 aromatic heterocycles. The number of terminal acetylenes is 1. The highest BCUT2D eigenvalue weighted by Crippen LogP contribution is 2.18. The molecule has 0 saturated carbocycles. The molecular weight excluding hydrogens is 446 g/mol. The van der Waals surface area contributed by atoms with E-state index in [9.17, 15) is 8.42 Å².